The molecule has 1 saturated carbocycles. The molecule has 1 heterocycles. The van der Waals surface area contributed by atoms with E-state index in [2.05, 4.69) is 15.3 Å². The molecule has 0 saturated heterocycles. The van der Waals surface area contributed by atoms with E-state index < -0.39 is 0 Å². The third-order valence-electron chi connectivity index (χ3n) is 3.79. The molecule has 0 aliphatic heterocycles. The molecule has 3 rings (SSSR count). The topological polar surface area (TPSA) is 83.8 Å². The zero-order valence-corrected chi connectivity index (χ0v) is 10.8. The van der Waals surface area contributed by atoms with Crippen LogP contribution in [0.2, 0.25) is 0 Å². The highest BCUT2D eigenvalue weighted by atomic mass is 16.1. The number of fused-ring (bicyclic) bond motifs is 1. The van der Waals surface area contributed by atoms with Crippen molar-refractivity contribution >= 4 is 22.9 Å². The van der Waals surface area contributed by atoms with E-state index in [0.717, 1.165) is 17.6 Å². The number of imidazole rings is 1. The van der Waals surface area contributed by atoms with Crippen molar-refractivity contribution in [2.75, 3.05) is 12.3 Å². The van der Waals surface area contributed by atoms with Gasteiger partial charge in [0.25, 0.3) is 5.91 Å². The fraction of sp³-hybridized carbons (Fsp3) is 0.429. The summed E-state index contributed by atoms with van der Waals surface area (Å²) in [6, 6.07) is 5.39. The van der Waals surface area contributed by atoms with Gasteiger partial charge in [-0.05, 0) is 37.0 Å². The fourth-order valence-electron chi connectivity index (χ4n) is 2.72. The van der Waals surface area contributed by atoms with Gasteiger partial charge in [-0.25, -0.2) is 4.98 Å². The Hall–Kier alpha value is -2.04. The maximum atomic E-state index is 12.1. The molecule has 1 amide bonds. The van der Waals surface area contributed by atoms with E-state index in [9.17, 15) is 4.79 Å². The molecule has 1 aliphatic rings. The van der Waals surface area contributed by atoms with Gasteiger partial charge in [0.15, 0.2) is 5.95 Å². The lowest BCUT2D eigenvalue weighted by molar-refractivity contribution is 0.0947. The summed E-state index contributed by atoms with van der Waals surface area (Å²) in [6.45, 7) is 0.780. The summed E-state index contributed by atoms with van der Waals surface area (Å²) in [6.07, 6.45) is 5.05. The quantitative estimate of drug-likeness (QED) is 0.788. The van der Waals surface area contributed by atoms with Gasteiger partial charge >= 0.3 is 0 Å². The van der Waals surface area contributed by atoms with Crippen LogP contribution in [0.25, 0.3) is 11.0 Å². The largest absolute Gasteiger partial charge is 0.369 e. The van der Waals surface area contributed by atoms with E-state index in [1.165, 1.54) is 25.7 Å². The highest BCUT2D eigenvalue weighted by Crippen LogP contribution is 2.23. The number of anilines is 1. The summed E-state index contributed by atoms with van der Waals surface area (Å²) in [5.41, 5.74) is 7.82. The Morgan fingerprint density at radius 1 is 1.42 bits per heavy atom. The highest BCUT2D eigenvalue weighted by Gasteiger charge is 2.16. The van der Waals surface area contributed by atoms with Crippen LogP contribution in [0.15, 0.2) is 18.2 Å². The minimum Gasteiger partial charge on any atom is -0.369 e. The van der Waals surface area contributed by atoms with Gasteiger partial charge in [0, 0.05) is 12.1 Å². The van der Waals surface area contributed by atoms with Gasteiger partial charge in [0.05, 0.1) is 11.0 Å². The molecule has 5 heteroatoms. The number of carbonyl (C=O) groups excluding carboxylic acids is 1. The second-order valence-corrected chi connectivity index (χ2v) is 5.21. The first kappa shape index (κ1) is 12.0. The Morgan fingerprint density at radius 3 is 3.00 bits per heavy atom. The van der Waals surface area contributed by atoms with E-state index in [1.54, 1.807) is 12.1 Å². The number of nitrogen functional groups attached to an aromatic ring is 1. The van der Waals surface area contributed by atoms with Crippen LogP contribution in [0.4, 0.5) is 5.95 Å². The number of carbonyl (C=O) groups is 1. The predicted molar refractivity (Wildman–Crippen MR) is 74.8 cm³/mol. The van der Waals surface area contributed by atoms with Crippen molar-refractivity contribution in [3.63, 3.8) is 0 Å². The van der Waals surface area contributed by atoms with Crippen LogP contribution in [-0.4, -0.2) is 22.4 Å². The van der Waals surface area contributed by atoms with Gasteiger partial charge < -0.3 is 16.0 Å². The lowest BCUT2D eigenvalue weighted by Gasteiger charge is -2.10. The monoisotopic (exact) mass is 258 g/mol. The molecule has 100 valence electrons. The van der Waals surface area contributed by atoms with E-state index in [0.29, 0.717) is 17.4 Å². The molecule has 0 bridgehead atoms. The number of amides is 1. The Labute approximate surface area is 111 Å². The van der Waals surface area contributed by atoms with Crippen LogP contribution >= 0.6 is 0 Å². The number of rotatable bonds is 3. The van der Waals surface area contributed by atoms with Gasteiger partial charge in [-0.15, -0.1) is 0 Å². The van der Waals surface area contributed by atoms with Crippen molar-refractivity contribution < 1.29 is 4.79 Å². The van der Waals surface area contributed by atoms with Crippen LogP contribution in [-0.2, 0) is 0 Å². The summed E-state index contributed by atoms with van der Waals surface area (Å²) in [5, 5.41) is 3.01. The van der Waals surface area contributed by atoms with Gasteiger partial charge in [0.1, 0.15) is 0 Å². The first-order chi connectivity index (χ1) is 9.22. The number of hydrogen-bond donors (Lipinski definition) is 3. The summed E-state index contributed by atoms with van der Waals surface area (Å²) in [4.78, 5) is 19.1. The van der Waals surface area contributed by atoms with Crippen LogP contribution in [0.1, 0.15) is 36.0 Å². The first-order valence-electron chi connectivity index (χ1n) is 6.76. The fourth-order valence-corrected chi connectivity index (χ4v) is 2.72. The van der Waals surface area contributed by atoms with Crippen molar-refractivity contribution in [2.24, 2.45) is 5.92 Å². The summed E-state index contributed by atoms with van der Waals surface area (Å²) in [7, 11) is 0. The second kappa shape index (κ2) is 4.91. The number of aromatic nitrogens is 2. The minimum atomic E-state index is -0.0260. The molecule has 0 radical (unpaired) electrons. The molecular formula is C14H18N4O. The minimum absolute atomic E-state index is 0.0260. The van der Waals surface area contributed by atoms with Crippen LogP contribution < -0.4 is 11.1 Å². The standard InChI is InChI=1S/C14H18N4O/c15-14-17-11-6-5-10(7-12(11)18-14)13(19)16-8-9-3-1-2-4-9/h5-7,9H,1-4,8H2,(H,16,19)(H3,15,17,18). The molecule has 19 heavy (non-hydrogen) atoms. The Balaban J connectivity index is 1.69. The number of H-pyrrole nitrogens is 1. The number of nitrogens with two attached hydrogens (primary N) is 1. The van der Waals surface area contributed by atoms with Gasteiger partial charge in [-0.1, -0.05) is 12.8 Å². The van der Waals surface area contributed by atoms with Crippen LogP contribution in [0, 0.1) is 5.92 Å². The zero-order valence-electron chi connectivity index (χ0n) is 10.8. The molecule has 1 aliphatic carbocycles. The number of benzene rings is 1. The lowest BCUT2D eigenvalue weighted by Crippen LogP contribution is -2.28. The smallest absolute Gasteiger partial charge is 0.251 e. The molecule has 0 atom stereocenters. The van der Waals surface area contributed by atoms with Crippen LogP contribution in [0.3, 0.4) is 0 Å². The van der Waals surface area contributed by atoms with E-state index in [4.69, 9.17) is 5.73 Å². The molecule has 5 nitrogen and oxygen atoms in total. The number of hydrogen-bond acceptors (Lipinski definition) is 3. The van der Waals surface area contributed by atoms with Gasteiger partial charge in [0.2, 0.25) is 0 Å². The predicted octanol–water partition coefficient (Wildman–Crippen LogP) is 2.07. The highest BCUT2D eigenvalue weighted by molar-refractivity contribution is 5.97. The molecule has 1 aromatic heterocycles. The Bertz CT molecular complexity index is 599. The van der Waals surface area contributed by atoms with E-state index >= 15 is 0 Å². The molecule has 2 aromatic rings. The van der Waals surface area contributed by atoms with Crippen molar-refractivity contribution in [3.8, 4) is 0 Å². The van der Waals surface area contributed by atoms with Crippen molar-refractivity contribution in [1.82, 2.24) is 15.3 Å². The van der Waals surface area contributed by atoms with Gasteiger partial charge in [-0.3, -0.25) is 4.79 Å². The number of nitrogens with zero attached hydrogens (tertiary/aromatic N) is 1. The molecule has 1 fully saturated rings. The van der Waals surface area contributed by atoms with Gasteiger partial charge in [-0.2, -0.15) is 0 Å². The maximum Gasteiger partial charge on any atom is 0.251 e. The SMILES string of the molecule is Nc1nc2ccc(C(=O)NCC3CCCC3)cc2[nH]1. The lowest BCUT2D eigenvalue weighted by atomic mass is 10.1. The normalized spacial score (nSPS) is 16.0. The molecule has 0 unspecified atom stereocenters. The Kier molecular flexibility index (Phi) is 3.11. The van der Waals surface area contributed by atoms with Crippen molar-refractivity contribution in [2.45, 2.75) is 25.7 Å². The summed E-state index contributed by atoms with van der Waals surface area (Å²) >= 11 is 0. The molecule has 0 spiro atoms. The third kappa shape index (κ3) is 2.54. The molecule has 4 N–H and O–H groups in total. The van der Waals surface area contributed by atoms with E-state index in [-0.39, 0.29) is 5.91 Å². The summed E-state index contributed by atoms with van der Waals surface area (Å²) in [5.74, 6) is 0.996. The first-order valence-corrected chi connectivity index (χ1v) is 6.76. The van der Waals surface area contributed by atoms with E-state index in [1.807, 2.05) is 6.07 Å². The third-order valence-corrected chi connectivity index (χ3v) is 3.79. The number of aromatic amines is 1. The average molecular weight is 258 g/mol. The molecular weight excluding hydrogens is 240 g/mol. The van der Waals surface area contributed by atoms with Crippen molar-refractivity contribution in [3.05, 3.63) is 23.8 Å². The molecule has 1 aromatic carbocycles. The van der Waals surface area contributed by atoms with Crippen LogP contribution in [0.5, 0.6) is 0 Å². The van der Waals surface area contributed by atoms with Crippen molar-refractivity contribution in [1.29, 1.82) is 0 Å². The average Bonchev–Trinajstić information content (AvgIpc) is 3.02. The Morgan fingerprint density at radius 2 is 2.21 bits per heavy atom. The maximum absolute atomic E-state index is 12.1. The summed E-state index contributed by atoms with van der Waals surface area (Å²) < 4.78 is 0. The number of nitrogens with one attached hydrogen (secondary N) is 2. The zero-order chi connectivity index (χ0) is 13.2. The second-order valence-electron chi connectivity index (χ2n) is 5.21.